The Morgan fingerprint density at radius 3 is 2.96 bits per heavy atom. The number of nitrogens with zero attached hydrogens (tertiary/aromatic N) is 2. The molecule has 1 atom stereocenters. The van der Waals surface area contributed by atoms with Crippen molar-refractivity contribution in [2.24, 2.45) is 0 Å². The van der Waals surface area contributed by atoms with Gasteiger partial charge < -0.3 is 14.8 Å². The number of esters is 1. The number of ether oxygens (including phenoxy) is 2. The van der Waals surface area contributed by atoms with Crippen LogP contribution in [0.25, 0.3) is 0 Å². The van der Waals surface area contributed by atoms with Crippen molar-refractivity contribution in [1.82, 2.24) is 9.78 Å². The second-order valence-corrected chi connectivity index (χ2v) is 6.53. The third-order valence-corrected chi connectivity index (χ3v) is 4.35. The molecule has 1 aliphatic rings. The van der Waals surface area contributed by atoms with Crippen LogP contribution in [-0.4, -0.2) is 29.5 Å². The van der Waals surface area contributed by atoms with Crippen LogP contribution in [0.5, 0.6) is 5.75 Å². The molecule has 0 radical (unpaired) electrons. The van der Waals surface area contributed by atoms with E-state index in [0.717, 1.165) is 17.7 Å². The van der Waals surface area contributed by atoms with Gasteiger partial charge in [-0.3, -0.25) is 0 Å². The first-order chi connectivity index (χ1) is 11.5. The monoisotopic (exact) mass is 329 g/mol. The molecule has 6 nitrogen and oxygen atoms in total. The molecular weight excluding hydrogens is 306 g/mol. The van der Waals surface area contributed by atoms with Crippen molar-refractivity contribution in [2.45, 2.75) is 38.8 Å². The van der Waals surface area contributed by atoms with Gasteiger partial charge in [-0.05, 0) is 44.9 Å². The van der Waals surface area contributed by atoms with E-state index in [0.29, 0.717) is 18.0 Å². The van der Waals surface area contributed by atoms with Crippen LogP contribution in [0.4, 0.5) is 5.82 Å². The number of rotatable bonds is 4. The standard InChI is InChI=1S/C18H23N3O3/c1-5-24-17(22)14-11-19-21-16(14)20-15(10-18(21,2)3)12-7-6-8-13(9-12)23-4/h6-9,11,15,20H,5,10H2,1-4H3. The molecule has 3 rings (SSSR count). The lowest BCUT2D eigenvalue weighted by Gasteiger charge is -2.38. The molecule has 1 aliphatic heterocycles. The molecule has 1 N–H and O–H groups in total. The summed E-state index contributed by atoms with van der Waals surface area (Å²) in [4.78, 5) is 12.2. The lowest BCUT2D eigenvalue weighted by Crippen LogP contribution is -2.38. The van der Waals surface area contributed by atoms with Gasteiger partial charge in [0.25, 0.3) is 0 Å². The second kappa shape index (κ2) is 6.19. The maximum absolute atomic E-state index is 12.2. The number of carbonyl (C=O) groups excluding carboxylic acids is 1. The average molecular weight is 329 g/mol. The fraction of sp³-hybridized carbons (Fsp3) is 0.444. The van der Waals surface area contributed by atoms with Crippen LogP contribution >= 0.6 is 0 Å². The fourth-order valence-electron chi connectivity index (χ4n) is 3.17. The minimum Gasteiger partial charge on any atom is -0.497 e. The van der Waals surface area contributed by atoms with E-state index in [1.165, 1.54) is 0 Å². The lowest BCUT2D eigenvalue weighted by molar-refractivity contribution is 0.0527. The number of hydrogen-bond donors (Lipinski definition) is 1. The van der Waals surface area contributed by atoms with Gasteiger partial charge in [0.1, 0.15) is 17.1 Å². The Morgan fingerprint density at radius 2 is 2.25 bits per heavy atom. The van der Waals surface area contributed by atoms with E-state index in [1.807, 2.05) is 22.9 Å². The number of methoxy groups -OCH3 is 1. The molecule has 2 aromatic rings. The zero-order chi connectivity index (χ0) is 17.3. The molecule has 6 heteroatoms. The highest BCUT2D eigenvalue weighted by Gasteiger charge is 2.37. The minimum absolute atomic E-state index is 0.0625. The number of nitrogens with one attached hydrogen (secondary N) is 1. The lowest BCUT2D eigenvalue weighted by atomic mass is 9.89. The predicted octanol–water partition coefficient (Wildman–Crippen LogP) is 3.36. The topological polar surface area (TPSA) is 65.4 Å². The van der Waals surface area contributed by atoms with Crippen molar-refractivity contribution >= 4 is 11.8 Å². The molecule has 1 unspecified atom stereocenters. The molecule has 1 aromatic carbocycles. The molecule has 24 heavy (non-hydrogen) atoms. The van der Waals surface area contributed by atoms with Crippen LogP contribution in [0.15, 0.2) is 30.5 Å². The molecule has 1 aromatic heterocycles. The first-order valence-electron chi connectivity index (χ1n) is 8.12. The van der Waals surface area contributed by atoms with Crippen molar-refractivity contribution in [2.75, 3.05) is 19.0 Å². The Balaban J connectivity index is 1.99. The molecule has 0 saturated carbocycles. The summed E-state index contributed by atoms with van der Waals surface area (Å²) in [5.74, 6) is 1.17. The van der Waals surface area contributed by atoms with Gasteiger partial charge >= 0.3 is 5.97 Å². The SMILES string of the molecule is CCOC(=O)c1cnn2c1NC(c1cccc(OC)c1)CC2(C)C. The molecule has 128 valence electrons. The van der Waals surface area contributed by atoms with Crippen molar-refractivity contribution in [3.63, 3.8) is 0 Å². The van der Waals surface area contributed by atoms with E-state index in [9.17, 15) is 4.79 Å². The van der Waals surface area contributed by atoms with E-state index in [1.54, 1.807) is 20.2 Å². The van der Waals surface area contributed by atoms with Crippen LogP contribution < -0.4 is 10.1 Å². The fourth-order valence-corrected chi connectivity index (χ4v) is 3.17. The smallest absolute Gasteiger partial charge is 0.343 e. The number of aromatic nitrogens is 2. The van der Waals surface area contributed by atoms with E-state index in [-0.39, 0.29) is 17.6 Å². The second-order valence-electron chi connectivity index (χ2n) is 6.53. The van der Waals surface area contributed by atoms with E-state index >= 15 is 0 Å². The number of carbonyl (C=O) groups is 1. The molecule has 2 heterocycles. The summed E-state index contributed by atoms with van der Waals surface area (Å²) in [6, 6.07) is 8.04. The number of hydrogen-bond acceptors (Lipinski definition) is 5. The quantitative estimate of drug-likeness (QED) is 0.871. The first-order valence-corrected chi connectivity index (χ1v) is 8.12. The molecular formula is C18H23N3O3. The molecule has 0 amide bonds. The normalized spacial score (nSPS) is 18.4. The van der Waals surface area contributed by atoms with Crippen LogP contribution in [0, 0.1) is 0 Å². The van der Waals surface area contributed by atoms with Crippen LogP contribution in [-0.2, 0) is 10.3 Å². The number of fused-ring (bicyclic) bond motifs is 1. The first kappa shape index (κ1) is 16.4. The Kier molecular flexibility index (Phi) is 4.22. The van der Waals surface area contributed by atoms with Gasteiger partial charge in [0.05, 0.1) is 31.5 Å². The van der Waals surface area contributed by atoms with Gasteiger partial charge in [0.15, 0.2) is 0 Å². The highest BCUT2D eigenvalue weighted by atomic mass is 16.5. The summed E-state index contributed by atoms with van der Waals surface area (Å²) < 4.78 is 12.3. The highest BCUT2D eigenvalue weighted by molar-refractivity contribution is 5.94. The third kappa shape index (κ3) is 2.84. The summed E-state index contributed by atoms with van der Waals surface area (Å²) >= 11 is 0. The maximum atomic E-state index is 12.2. The molecule has 0 spiro atoms. The molecule has 0 fully saturated rings. The third-order valence-electron chi connectivity index (χ3n) is 4.35. The highest BCUT2D eigenvalue weighted by Crippen LogP contribution is 2.40. The Hall–Kier alpha value is -2.50. The Morgan fingerprint density at radius 1 is 1.46 bits per heavy atom. The van der Waals surface area contributed by atoms with E-state index in [2.05, 4.69) is 30.3 Å². The van der Waals surface area contributed by atoms with E-state index in [4.69, 9.17) is 9.47 Å². The average Bonchev–Trinajstić information content (AvgIpc) is 2.99. The van der Waals surface area contributed by atoms with Gasteiger partial charge in [-0.15, -0.1) is 0 Å². The van der Waals surface area contributed by atoms with Gasteiger partial charge in [0.2, 0.25) is 0 Å². The summed E-state index contributed by atoms with van der Waals surface area (Å²) in [5, 5.41) is 7.86. The van der Waals surface area contributed by atoms with Gasteiger partial charge in [-0.1, -0.05) is 12.1 Å². The molecule has 0 aliphatic carbocycles. The predicted molar refractivity (Wildman–Crippen MR) is 91.5 cm³/mol. The van der Waals surface area contributed by atoms with Crippen LogP contribution in [0.3, 0.4) is 0 Å². The van der Waals surface area contributed by atoms with Gasteiger partial charge in [-0.25, -0.2) is 9.48 Å². The molecule has 0 saturated heterocycles. The minimum atomic E-state index is -0.353. The Bertz CT molecular complexity index is 752. The number of benzene rings is 1. The summed E-state index contributed by atoms with van der Waals surface area (Å²) in [5.41, 5.74) is 1.36. The molecule has 0 bridgehead atoms. The zero-order valence-electron chi connectivity index (χ0n) is 14.5. The van der Waals surface area contributed by atoms with Gasteiger partial charge in [0, 0.05) is 0 Å². The number of anilines is 1. The zero-order valence-corrected chi connectivity index (χ0v) is 14.5. The van der Waals surface area contributed by atoms with Crippen molar-refractivity contribution in [1.29, 1.82) is 0 Å². The summed E-state index contributed by atoms with van der Waals surface area (Å²) in [6.07, 6.45) is 2.42. The maximum Gasteiger partial charge on any atom is 0.343 e. The van der Waals surface area contributed by atoms with Crippen molar-refractivity contribution < 1.29 is 14.3 Å². The summed E-state index contributed by atoms with van der Waals surface area (Å²) in [6.45, 7) is 6.37. The van der Waals surface area contributed by atoms with Crippen LogP contribution in [0.1, 0.15) is 49.2 Å². The Labute approximate surface area is 141 Å². The summed E-state index contributed by atoms with van der Waals surface area (Å²) in [7, 11) is 1.66. The van der Waals surface area contributed by atoms with Crippen LogP contribution in [0.2, 0.25) is 0 Å². The van der Waals surface area contributed by atoms with Crippen molar-refractivity contribution in [3.05, 3.63) is 41.6 Å². The largest absolute Gasteiger partial charge is 0.497 e. The van der Waals surface area contributed by atoms with Gasteiger partial charge in [-0.2, -0.15) is 5.10 Å². The van der Waals surface area contributed by atoms with Crippen molar-refractivity contribution in [3.8, 4) is 5.75 Å². The van der Waals surface area contributed by atoms with E-state index < -0.39 is 0 Å².